The third-order valence-electron chi connectivity index (χ3n) is 3.81. The van der Waals surface area contributed by atoms with Gasteiger partial charge in [-0.1, -0.05) is 0 Å². The summed E-state index contributed by atoms with van der Waals surface area (Å²) in [4.78, 5) is 10.8. The first-order valence-electron chi connectivity index (χ1n) is 6.14. The SMILES string of the molecule is NNc1ncc(Br)c(N2C3CCC2CC(O)C3)n1. The lowest BCUT2D eigenvalue weighted by Crippen LogP contribution is -2.45. The summed E-state index contributed by atoms with van der Waals surface area (Å²) < 4.78 is 0.870. The van der Waals surface area contributed by atoms with Crippen molar-refractivity contribution in [2.45, 2.75) is 43.9 Å². The molecule has 1 aromatic heterocycles. The molecule has 2 aliphatic heterocycles. The summed E-state index contributed by atoms with van der Waals surface area (Å²) in [5, 5.41) is 9.82. The molecule has 2 atom stereocenters. The van der Waals surface area contributed by atoms with Crippen molar-refractivity contribution in [2.24, 2.45) is 5.84 Å². The summed E-state index contributed by atoms with van der Waals surface area (Å²) in [6.45, 7) is 0. The van der Waals surface area contributed by atoms with Gasteiger partial charge in [-0.05, 0) is 41.6 Å². The summed E-state index contributed by atoms with van der Waals surface area (Å²) in [6.07, 6.45) is 5.40. The number of hydrogen-bond acceptors (Lipinski definition) is 6. The van der Waals surface area contributed by atoms with Crippen LogP contribution < -0.4 is 16.2 Å². The molecule has 3 heterocycles. The first-order chi connectivity index (χ1) is 8.69. The fourth-order valence-corrected chi connectivity index (χ4v) is 3.50. The fourth-order valence-electron chi connectivity index (χ4n) is 3.10. The van der Waals surface area contributed by atoms with Crippen molar-refractivity contribution >= 4 is 27.7 Å². The van der Waals surface area contributed by atoms with Crippen LogP contribution in [0.3, 0.4) is 0 Å². The Balaban J connectivity index is 1.95. The van der Waals surface area contributed by atoms with Crippen molar-refractivity contribution < 1.29 is 5.11 Å². The molecule has 2 aliphatic rings. The van der Waals surface area contributed by atoms with Crippen LogP contribution in [0.4, 0.5) is 11.8 Å². The maximum absolute atomic E-state index is 9.82. The van der Waals surface area contributed by atoms with Crippen LogP contribution in [0, 0.1) is 0 Å². The van der Waals surface area contributed by atoms with Crippen molar-refractivity contribution in [3.8, 4) is 0 Å². The van der Waals surface area contributed by atoms with Crippen molar-refractivity contribution in [1.29, 1.82) is 0 Å². The number of hydrogen-bond donors (Lipinski definition) is 3. The summed E-state index contributed by atoms with van der Waals surface area (Å²) in [7, 11) is 0. The average molecular weight is 314 g/mol. The maximum Gasteiger partial charge on any atom is 0.239 e. The first kappa shape index (κ1) is 12.1. The third-order valence-corrected chi connectivity index (χ3v) is 4.37. The van der Waals surface area contributed by atoms with Gasteiger partial charge in [0.2, 0.25) is 5.95 Å². The number of nitrogens with zero attached hydrogens (tertiary/aromatic N) is 3. The molecule has 7 heteroatoms. The molecule has 2 fully saturated rings. The quantitative estimate of drug-likeness (QED) is 0.558. The standard InChI is InChI=1S/C11H16BrN5O/c12-9-5-14-11(16-13)15-10(9)17-6-1-2-7(17)4-8(18)3-6/h5-8,18H,1-4,13H2,(H,14,15,16). The number of nitrogen functional groups attached to an aromatic ring is 1. The van der Waals surface area contributed by atoms with E-state index in [1.807, 2.05) is 0 Å². The molecule has 18 heavy (non-hydrogen) atoms. The Hall–Kier alpha value is -0.920. The van der Waals surface area contributed by atoms with Crippen LogP contribution in [0.15, 0.2) is 10.7 Å². The van der Waals surface area contributed by atoms with Crippen molar-refractivity contribution in [3.05, 3.63) is 10.7 Å². The second-order valence-electron chi connectivity index (χ2n) is 4.93. The number of nitrogens with one attached hydrogen (secondary N) is 1. The van der Waals surface area contributed by atoms with E-state index >= 15 is 0 Å². The van der Waals surface area contributed by atoms with Crippen LogP contribution in [-0.4, -0.2) is 33.3 Å². The molecular weight excluding hydrogens is 298 g/mol. The Morgan fingerprint density at radius 1 is 1.39 bits per heavy atom. The van der Waals surface area contributed by atoms with Crippen LogP contribution in [-0.2, 0) is 0 Å². The lowest BCUT2D eigenvalue weighted by atomic mass is 10.00. The Morgan fingerprint density at radius 2 is 2.06 bits per heavy atom. The molecule has 2 saturated heterocycles. The van der Waals surface area contributed by atoms with E-state index in [0.717, 1.165) is 36.0 Å². The number of rotatable bonds is 2. The zero-order valence-electron chi connectivity index (χ0n) is 9.88. The van der Waals surface area contributed by atoms with Gasteiger partial charge in [-0.2, -0.15) is 4.98 Å². The van der Waals surface area contributed by atoms with Gasteiger partial charge in [-0.15, -0.1) is 0 Å². The van der Waals surface area contributed by atoms with Gasteiger partial charge < -0.3 is 10.0 Å². The molecule has 0 aliphatic carbocycles. The van der Waals surface area contributed by atoms with E-state index in [9.17, 15) is 5.11 Å². The highest BCUT2D eigenvalue weighted by molar-refractivity contribution is 9.10. The zero-order chi connectivity index (χ0) is 12.7. The van der Waals surface area contributed by atoms with Crippen LogP contribution in [0.2, 0.25) is 0 Å². The van der Waals surface area contributed by atoms with Crippen LogP contribution in [0.25, 0.3) is 0 Å². The number of fused-ring (bicyclic) bond motifs is 2. The number of aliphatic hydroxyl groups is 1. The minimum absolute atomic E-state index is 0.175. The minimum atomic E-state index is -0.175. The molecule has 0 saturated carbocycles. The highest BCUT2D eigenvalue weighted by atomic mass is 79.9. The summed E-state index contributed by atoms with van der Waals surface area (Å²) in [6, 6.07) is 0.742. The molecule has 4 N–H and O–H groups in total. The summed E-state index contributed by atoms with van der Waals surface area (Å²) in [5.41, 5.74) is 2.47. The van der Waals surface area contributed by atoms with Crippen molar-refractivity contribution in [3.63, 3.8) is 0 Å². The highest BCUT2D eigenvalue weighted by Crippen LogP contribution is 2.41. The average Bonchev–Trinajstić information content (AvgIpc) is 2.63. The van der Waals surface area contributed by atoms with Gasteiger partial charge in [0.15, 0.2) is 0 Å². The van der Waals surface area contributed by atoms with E-state index in [-0.39, 0.29) is 6.10 Å². The number of piperidine rings is 1. The highest BCUT2D eigenvalue weighted by Gasteiger charge is 2.41. The predicted molar refractivity (Wildman–Crippen MR) is 72.1 cm³/mol. The number of aromatic nitrogens is 2. The van der Waals surface area contributed by atoms with Gasteiger partial charge >= 0.3 is 0 Å². The predicted octanol–water partition coefficient (Wildman–Crippen LogP) is 1.02. The summed E-state index contributed by atoms with van der Waals surface area (Å²) in [5.74, 6) is 6.64. The molecule has 0 aromatic carbocycles. The van der Waals surface area contributed by atoms with Crippen LogP contribution in [0.1, 0.15) is 25.7 Å². The zero-order valence-corrected chi connectivity index (χ0v) is 11.5. The van der Waals surface area contributed by atoms with E-state index in [1.54, 1.807) is 6.20 Å². The van der Waals surface area contributed by atoms with E-state index in [4.69, 9.17) is 5.84 Å². The second kappa shape index (κ2) is 4.64. The summed E-state index contributed by atoms with van der Waals surface area (Å²) >= 11 is 3.50. The fraction of sp³-hybridized carbons (Fsp3) is 0.636. The number of anilines is 2. The lowest BCUT2D eigenvalue weighted by molar-refractivity contribution is 0.126. The third kappa shape index (κ3) is 1.96. The largest absolute Gasteiger partial charge is 0.393 e. The number of nitrogens with two attached hydrogens (primary N) is 1. The van der Waals surface area contributed by atoms with Crippen LogP contribution in [0.5, 0.6) is 0 Å². The monoisotopic (exact) mass is 313 g/mol. The van der Waals surface area contributed by atoms with Gasteiger partial charge in [-0.25, -0.2) is 10.8 Å². The number of aliphatic hydroxyl groups excluding tert-OH is 1. The molecule has 0 radical (unpaired) electrons. The minimum Gasteiger partial charge on any atom is -0.393 e. The Bertz CT molecular complexity index is 443. The van der Waals surface area contributed by atoms with E-state index in [0.29, 0.717) is 18.0 Å². The molecule has 0 spiro atoms. The maximum atomic E-state index is 9.82. The molecule has 0 amide bonds. The van der Waals surface area contributed by atoms with Gasteiger partial charge in [0.25, 0.3) is 0 Å². The van der Waals surface area contributed by atoms with Gasteiger partial charge in [-0.3, -0.25) is 5.43 Å². The van der Waals surface area contributed by atoms with Crippen molar-refractivity contribution in [2.75, 3.05) is 10.3 Å². The second-order valence-corrected chi connectivity index (χ2v) is 5.78. The molecule has 98 valence electrons. The molecular formula is C11H16BrN5O. The Labute approximate surface area is 114 Å². The normalized spacial score (nSPS) is 30.6. The number of hydrazine groups is 1. The lowest BCUT2D eigenvalue weighted by Gasteiger charge is -2.38. The van der Waals surface area contributed by atoms with Crippen molar-refractivity contribution in [1.82, 2.24) is 9.97 Å². The van der Waals surface area contributed by atoms with Gasteiger partial charge in [0.05, 0.1) is 10.6 Å². The van der Waals surface area contributed by atoms with Crippen LogP contribution >= 0.6 is 15.9 Å². The first-order valence-corrected chi connectivity index (χ1v) is 6.94. The Kier molecular flexibility index (Phi) is 3.13. The molecule has 3 rings (SSSR count). The number of halogens is 1. The van der Waals surface area contributed by atoms with E-state index < -0.39 is 0 Å². The van der Waals surface area contributed by atoms with E-state index in [2.05, 4.69) is 36.2 Å². The molecule has 2 unspecified atom stereocenters. The van der Waals surface area contributed by atoms with Gasteiger partial charge in [0.1, 0.15) is 5.82 Å². The smallest absolute Gasteiger partial charge is 0.239 e. The molecule has 1 aromatic rings. The topological polar surface area (TPSA) is 87.3 Å². The van der Waals surface area contributed by atoms with Gasteiger partial charge in [0, 0.05) is 18.3 Å². The molecule has 6 nitrogen and oxygen atoms in total. The Morgan fingerprint density at radius 3 is 2.67 bits per heavy atom. The molecule has 2 bridgehead atoms. The van der Waals surface area contributed by atoms with E-state index in [1.165, 1.54) is 0 Å².